The molecule has 1 aliphatic heterocycles. The van der Waals surface area contributed by atoms with Crippen LogP contribution in [0.2, 0.25) is 0 Å². The number of rotatable bonds is 9. The Hall–Kier alpha value is -3.35. The highest BCUT2D eigenvalue weighted by Gasteiger charge is 2.18. The zero-order valence-electron chi connectivity index (χ0n) is 17.9. The average molecular weight is 425 g/mol. The normalized spacial score (nSPS) is 12.7. The summed E-state index contributed by atoms with van der Waals surface area (Å²) in [5.74, 6) is 0.0822. The maximum Gasteiger partial charge on any atom is 0.306 e. The van der Waals surface area contributed by atoms with E-state index in [1.54, 1.807) is 30.3 Å². The lowest BCUT2D eigenvalue weighted by Crippen LogP contribution is -2.16. The maximum atomic E-state index is 12.5. The van der Waals surface area contributed by atoms with Gasteiger partial charge in [0.1, 0.15) is 0 Å². The Morgan fingerprint density at radius 3 is 2.55 bits per heavy atom. The maximum absolute atomic E-state index is 12.5. The molecular weight excluding hydrogens is 398 g/mol. The van der Waals surface area contributed by atoms with Crippen molar-refractivity contribution in [1.29, 1.82) is 0 Å². The second-order valence-corrected chi connectivity index (χ2v) is 7.40. The summed E-state index contributed by atoms with van der Waals surface area (Å²) in [6.45, 7) is 8.83. The molecule has 2 aromatic rings. The molecule has 3 rings (SSSR count). The number of Topliss-reactive ketones (excluding diaryl/α,β-unsaturated/α-hetero) is 2. The number of carbonyl (C=O) groups excluding carboxylic acids is 3. The lowest BCUT2D eigenvalue weighted by molar-refractivity contribution is -0.142. The van der Waals surface area contributed by atoms with Crippen molar-refractivity contribution in [3.05, 3.63) is 59.4 Å². The molecule has 0 radical (unpaired) electrons. The molecule has 31 heavy (non-hydrogen) atoms. The van der Waals surface area contributed by atoms with E-state index < -0.39 is 5.97 Å². The third kappa shape index (κ3) is 5.42. The average Bonchev–Trinajstić information content (AvgIpc) is 2.93. The van der Waals surface area contributed by atoms with Gasteiger partial charge in [-0.25, -0.2) is 0 Å². The molecule has 0 spiro atoms. The number of allylic oxidation sites excluding steroid dienone is 1. The van der Waals surface area contributed by atoms with Crippen LogP contribution in [0.25, 0.3) is 0 Å². The van der Waals surface area contributed by atoms with Gasteiger partial charge in [0.15, 0.2) is 23.9 Å². The third-order valence-corrected chi connectivity index (χ3v) is 5.18. The van der Waals surface area contributed by atoms with Gasteiger partial charge in [-0.1, -0.05) is 6.08 Å². The molecule has 0 unspecified atom stereocenters. The SMILES string of the molecule is C=CCn1c(C)cc(C(=O)COC(=O)CCC(=O)c2ccc3c(c2)OCCCO3)c1C. The van der Waals surface area contributed by atoms with Crippen molar-refractivity contribution in [2.24, 2.45) is 0 Å². The first kappa shape index (κ1) is 22.3. The minimum Gasteiger partial charge on any atom is -0.490 e. The van der Waals surface area contributed by atoms with Crippen molar-refractivity contribution in [2.75, 3.05) is 19.8 Å². The first-order chi connectivity index (χ1) is 14.9. The van der Waals surface area contributed by atoms with Crippen LogP contribution in [0.1, 0.15) is 51.4 Å². The van der Waals surface area contributed by atoms with Crippen molar-refractivity contribution < 1.29 is 28.6 Å². The van der Waals surface area contributed by atoms with Crippen LogP contribution in [-0.4, -0.2) is 41.9 Å². The minimum atomic E-state index is -0.587. The van der Waals surface area contributed by atoms with Gasteiger partial charge in [-0.2, -0.15) is 0 Å². The molecule has 0 saturated heterocycles. The molecule has 0 saturated carbocycles. The van der Waals surface area contributed by atoms with E-state index in [2.05, 4.69) is 6.58 Å². The number of hydrogen-bond donors (Lipinski definition) is 0. The van der Waals surface area contributed by atoms with Gasteiger partial charge in [0.25, 0.3) is 0 Å². The zero-order valence-corrected chi connectivity index (χ0v) is 17.9. The number of ether oxygens (including phenoxy) is 3. The highest BCUT2D eigenvalue weighted by molar-refractivity contribution is 6.00. The van der Waals surface area contributed by atoms with Crippen molar-refractivity contribution in [3.63, 3.8) is 0 Å². The minimum absolute atomic E-state index is 0.0134. The van der Waals surface area contributed by atoms with Gasteiger partial charge in [0.05, 0.1) is 19.6 Å². The lowest BCUT2D eigenvalue weighted by atomic mass is 10.1. The summed E-state index contributed by atoms with van der Waals surface area (Å²) in [6, 6.07) is 6.77. The van der Waals surface area contributed by atoms with Gasteiger partial charge in [0.2, 0.25) is 5.78 Å². The Labute approximate surface area is 181 Å². The Balaban J connectivity index is 1.51. The van der Waals surface area contributed by atoms with Crippen LogP contribution in [0.15, 0.2) is 36.9 Å². The van der Waals surface area contributed by atoms with Crippen molar-refractivity contribution in [2.45, 2.75) is 39.7 Å². The van der Waals surface area contributed by atoms with E-state index >= 15 is 0 Å². The smallest absolute Gasteiger partial charge is 0.306 e. The van der Waals surface area contributed by atoms with Crippen molar-refractivity contribution in [1.82, 2.24) is 4.57 Å². The number of ketones is 2. The predicted octanol–water partition coefficient (Wildman–Crippen LogP) is 3.84. The summed E-state index contributed by atoms with van der Waals surface area (Å²) in [6.07, 6.45) is 2.42. The van der Waals surface area contributed by atoms with Gasteiger partial charge in [-0.3, -0.25) is 14.4 Å². The summed E-state index contributed by atoms with van der Waals surface area (Å²) in [7, 11) is 0. The fourth-order valence-corrected chi connectivity index (χ4v) is 3.49. The topological polar surface area (TPSA) is 83.8 Å². The molecule has 1 aromatic heterocycles. The number of hydrogen-bond acceptors (Lipinski definition) is 6. The number of nitrogens with zero attached hydrogens (tertiary/aromatic N) is 1. The van der Waals surface area contributed by atoms with E-state index in [4.69, 9.17) is 14.2 Å². The molecule has 0 fully saturated rings. The van der Waals surface area contributed by atoms with Crippen LogP contribution >= 0.6 is 0 Å². The van der Waals surface area contributed by atoms with Crippen molar-refractivity contribution >= 4 is 17.5 Å². The third-order valence-electron chi connectivity index (χ3n) is 5.18. The molecule has 0 amide bonds. The molecule has 7 heteroatoms. The standard InChI is InChI=1S/C24H27NO6/c1-4-10-25-16(2)13-19(17(25)3)21(27)15-31-24(28)9-7-20(26)18-6-8-22-23(14-18)30-12-5-11-29-22/h4,6,8,13-14H,1,5,7,9-12,15H2,2-3H3. The fraction of sp³-hybridized carbons (Fsp3) is 0.375. The Kier molecular flexibility index (Phi) is 7.28. The molecule has 0 N–H and O–H groups in total. The highest BCUT2D eigenvalue weighted by atomic mass is 16.5. The summed E-state index contributed by atoms with van der Waals surface area (Å²) in [5, 5.41) is 0. The molecule has 1 aliphatic rings. The number of aryl methyl sites for hydroxylation is 1. The van der Waals surface area contributed by atoms with E-state index in [1.165, 1.54) is 0 Å². The summed E-state index contributed by atoms with van der Waals surface area (Å²) in [5.41, 5.74) is 2.72. The first-order valence-electron chi connectivity index (χ1n) is 10.3. The van der Waals surface area contributed by atoms with E-state index in [0.29, 0.717) is 42.4 Å². The number of esters is 1. The van der Waals surface area contributed by atoms with Gasteiger partial charge < -0.3 is 18.8 Å². The van der Waals surface area contributed by atoms with E-state index in [0.717, 1.165) is 17.8 Å². The van der Waals surface area contributed by atoms with Crippen LogP contribution in [0.3, 0.4) is 0 Å². The van der Waals surface area contributed by atoms with Crippen LogP contribution in [-0.2, 0) is 16.1 Å². The monoisotopic (exact) mass is 425 g/mol. The summed E-state index contributed by atoms with van der Waals surface area (Å²) >= 11 is 0. The lowest BCUT2D eigenvalue weighted by Gasteiger charge is -2.09. The van der Waals surface area contributed by atoms with Gasteiger partial charge in [-0.05, 0) is 38.1 Å². The zero-order chi connectivity index (χ0) is 22.4. The molecular formula is C24H27NO6. The molecule has 0 atom stereocenters. The second-order valence-electron chi connectivity index (χ2n) is 7.40. The molecule has 2 heterocycles. The fourth-order valence-electron chi connectivity index (χ4n) is 3.49. The Morgan fingerprint density at radius 1 is 1.06 bits per heavy atom. The highest BCUT2D eigenvalue weighted by Crippen LogP contribution is 2.30. The van der Waals surface area contributed by atoms with Crippen LogP contribution in [0.5, 0.6) is 11.5 Å². The number of fused-ring (bicyclic) bond motifs is 1. The Bertz CT molecular complexity index is 1000. The number of aromatic nitrogens is 1. The summed E-state index contributed by atoms with van der Waals surface area (Å²) in [4.78, 5) is 37.0. The molecule has 164 valence electrons. The van der Waals surface area contributed by atoms with E-state index in [9.17, 15) is 14.4 Å². The van der Waals surface area contributed by atoms with Crippen LogP contribution < -0.4 is 9.47 Å². The van der Waals surface area contributed by atoms with E-state index in [1.807, 2.05) is 18.4 Å². The largest absolute Gasteiger partial charge is 0.490 e. The molecule has 0 bridgehead atoms. The molecule has 1 aromatic carbocycles. The predicted molar refractivity (Wildman–Crippen MR) is 115 cm³/mol. The second kappa shape index (κ2) is 10.1. The Morgan fingerprint density at radius 2 is 1.81 bits per heavy atom. The first-order valence-corrected chi connectivity index (χ1v) is 10.3. The van der Waals surface area contributed by atoms with Gasteiger partial charge in [0, 0.05) is 41.9 Å². The van der Waals surface area contributed by atoms with Crippen LogP contribution in [0.4, 0.5) is 0 Å². The quantitative estimate of drug-likeness (QED) is 0.345. The van der Waals surface area contributed by atoms with E-state index in [-0.39, 0.29) is 31.0 Å². The molecule has 0 aliphatic carbocycles. The number of carbonyl (C=O) groups is 3. The van der Waals surface area contributed by atoms with Crippen molar-refractivity contribution in [3.8, 4) is 11.5 Å². The number of benzene rings is 1. The molecule has 7 nitrogen and oxygen atoms in total. The van der Waals surface area contributed by atoms with Crippen LogP contribution in [0, 0.1) is 13.8 Å². The van der Waals surface area contributed by atoms with Gasteiger partial charge >= 0.3 is 5.97 Å². The van der Waals surface area contributed by atoms with Gasteiger partial charge in [-0.15, -0.1) is 6.58 Å². The summed E-state index contributed by atoms with van der Waals surface area (Å²) < 4.78 is 18.2.